The van der Waals surface area contributed by atoms with Gasteiger partial charge in [0.15, 0.2) is 0 Å². The Bertz CT molecular complexity index is 460. The molecule has 0 bridgehead atoms. The fourth-order valence-electron chi connectivity index (χ4n) is 2.51. The van der Waals surface area contributed by atoms with Crippen molar-refractivity contribution in [2.24, 2.45) is 0 Å². The first-order chi connectivity index (χ1) is 9.66. The molecular weight excluding hydrogens is 369 g/mol. The Hall–Kier alpha value is -0.890. The average molecular weight is 389 g/mol. The van der Waals surface area contributed by atoms with E-state index in [2.05, 4.69) is 32.8 Å². The molecule has 1 aliphatic rings. The molecule has 0 atom stereocenters. The summed E-state index contributed by atoms with van der Waals surface area (Å²) in [5, 5.41) is 14.2. The highest BCUT2D eigenvalue weighted by Gasteiger charge is 2.14. The van der Waals surface area contributed by atoms with Crippen LogP contribution in [0.2, 0.25) is 0 Å². The number of nitro groups is 1. The van der Waals surface area contributed by atoms with Gasteiger partial charge in [-0.1, -0.05) is 12.8 Å². The molecular formula is C14H20IN3O2. The van der Waals surface area contributed by atoms with E-state index in [1.807, 2.05) is 6.07 Å². The van der Waals surface area contributed by atoms with Gasteiger partial charge in [-0.25, -0.2) is 0 Å². The van der Waals surface area contributed by atoms with Crippen LogP contribution in [-0.4, -0.2) is 36.0 Å². The molecule has 1 N–H and O–H groups in total. The van der Waals surface area contributed by atoms with Crippen molar-refractivity contribution in [1.82, 2.24) is 4.90 Å². The van der Waals surface area contributed by atoms with Crippen molar-refractivity contribution in [2.75, 3.05) is 31.5 Å². The van der Waals surface area contributed by atoms with Gasteiger partial charge in [0.2, 0.25) is 0 Å². The van der Waals surface area contributed by atoms with Crippen LogP contribution in [0, 0.1) is 13.7 Å². The Balaban J connectivity index is 1.88. The summed E-state index contributed by atoms with van der Waals surface area (Å²) in [5.74, 6) is 0. The summed E-state index contributed by atoms with van der Waals surface area (Å²) in [6.45, 7) is 4.00. The second kappa shape index (κ2) is 7.78. The number of hydrogen-bond donors (Lipinski definition) is 1. The Labute approximate surface area is 133 Å². The molecule has 5 nitrogen and oxygen atoms in total. The van der Waals surface area contributed by atoms with Crippen LogP contribution < -0.4 is 5.32 Å². The van der Waals surface area contributed by atoms with Crippen molar-refractivity contribution in [1.29, 1.82) is 0 Å². The second-order valence-corrected chi connectivity index (χ2v) is 6.35. The number of anilines is 1. The van der Waals surface area contributed by atoms with Crippen molar-refractivity contribution in [3.63, 3.8) is 0 Å². The van der Waals surface area contributed by atoms with Gasteiger partial charge >= 0.3 is 0 Å². The third-order valence-electron chi connectivity index (χ3n) is 3.60. The smallest absolute Gasteiger partial charge is 0.293 e. The lowest BCUT2D eigenvalue weighted by Crippen LogP contribution is -2.30. The summed E-state index contributed by atoms with van der Waals surface area (Å²) >= 11 is 2.09. The predicted octanol–water partition coefficient (Wildman–Crippen LogP) is 3.49. The summed E-state index contributed by atoms with van der Waals surface area (Å²) in [4.78, 5) is 13.2. The van der Waals surface area contributed by atoms with E-state index in [-0.39, 0.29) is 10.6 Å². The van der Waals surface area contributed by atoms with Crippen molar-refractivity contribution in [3.05, 3.63) is 31.9 Å². The van der Waals surface area contributed by atoms with Crippen molar-refractivity contribution >= 4 is 34.0 Å². The van der Waals surface area contributed by atoms with Gasteiger partial charge < -0.3 is 10.2 Å². The average Bonchev–Trinajstić information content (AvgIpc) is 2.69. The SMILES string of the molecule is O=[N+]([O-])c1cc(I)ccc1NCCN1CCCCCC1. The van der Waals surface area contributed by atoms with Crippen LogP contribution in [0.15, 0.2) is 18.2 Å². The number of benzene rings is 1. The maximum absolute atomic E-state index is 11.0. The summed E-state index contributed by atoms with van der Waals surface area (Å²) in [7, 11) is 0. The quantitative estimate of drug-likeness (QED) is 0.476. The number of likely N-dealkylation sites (tertiary alicyclic amines) is 1. The molecule has 1 aromatic carbocycles. The number of nitrogens with zero attached hydrogens (tertiary/aromatic N) is 2. The lowest BCUT2D eigenvalue weighted by molar-refractivity contribution is -0.384. The van der Waals surface area contributed by atoms with E-state index in [1.165, 1.54) is 25.7 Å². The highest BCUT2D eigenvalue weighted by Crippen LogP contribution is 2.26. The Kier molecular flexibility index (Phi) is 6.03. The molecule has 0 aromatic heterocycles. The first-order valence-corrected chi connectivity index (χ1v) is 8.15. The van der Waals surface area contributed by atoms with Gasteiger partial charge in [-0.05, 0) is 60.7 Å². The first-order valence-electron chi connectivity index (χ1n) is 7.07. The molecule has 20 heavy (non-hydrogen) atoms. The van der Waals surface area contributed by atoms with Crippen LogP contribution in [0.3, 0.4) is 0 Å². The molecule has 6 heteroatoms. The highest BCUT2D eigenvalue weighted by atomic mass is 127. The Morgan fingerprint density at radius 3 is 2.60 bits per heavy atom. The fourth-order valence-corrected chi connectivity index (χ4v) is 2.99. The monoisotopic (exact) mass is 389 g/mol. The van der Waals surface area contributed by atoms with Gasteiger partial charge in [0.05, 0.1) is 4.92 Å². The minimum atomic E-state index is -0.323. The topological polar surface area (TPSA) is 58.4 Å². The molecule has 0 saturated carbocycles. The molecule has 1 aliphatic heterocycles. The Morgan fingerprint density at radius 1 is 1.25 bits per heavy atom. The number of rotatable bonds is 5. The van der Waals surface area contributed by atoms with Crippen molar-refractivity contribution in [2.45, 2.75) is 25.7 Å². The molecule has 1 heterocycles. The van der Waals surface area contributed by atoms with E-state index in [1.54, 1.807) is 12.1 Å². The zero-order chi connectivity index (χ0) is 14.4. The highest BCUT2D eigenvalue weighted by molar-refractivity contribution is 14.1. The van der Waals surface area contributed by atoms with Crippen LogP contribution >= 0.6 is 22.6 Å². The molecule has 0 unspecified atom stereocenters. The third-order valence-corrected chi connectivity index (χ3v) is 4.27. The van der Waals surface area contributed by atoms with Gasteiger partial charge in [-0.2, -0.15) is 0 Å². The largest absolute Gasteiger partial charge is 0.378 e. The molecule has 1 saturated heterocycles. The summed E-state index contributed by atoms with van der Waals surface area (Å²) in [6.07, 6.45) is 5.19. The van der Waals surface area contributed by atoms with Crippen LogP contribution in [0.5, 0.6) is 0 Å². The molecule has 0 spiro atoms. The lowest BCUT2D eigenvalue weighted by atomic mass is 10.2. The normalized spacial score (nSPS) is 16.6. The zero-order valence-corrected chi connectivity index (χ0v) is 13.6. The maximum Gasteiger partial charge on any atom is 0.293 e. The molecule has 110 valence electrons. The zero-order valence-electron chi connectivity index (χ0n) is 11.5. The third kappa shape index (κ3) is 4.59. The van der Waals surface area contributed by atoms with Gasteiger partial charge in [0.25, 0.3) is 5.69 Å². The van der Waals surface area contributed by atoms with E-state index in [4.69, 9.17) is 0 Å². The van der Waals surface area contributed by atoms with E-state index in [0.717, 1.165) is 29.7 Å². The minimum Gasteiger partial charge on any atom is -0.378 e. The Morgan fingerprint density at radius 2 is 1.95 bits per heavy atom. The van der Waals surface area contributed by atoms with Crippen LogP contribution in [0.4, 0.5) is 11.4 Å². The van der Waals surface area contributed by atoms with Gasteiger partial charge in [0, 0.05) is 22.7 Å². The minimum absolute atomic E-state index is 0.160. The van der Waals surface area contributed by atoms with Gasteiger partial charge in [-0.15, -0.1) is 0 Å². The molecule has 0 aliphatic carbocycles. The van der Waals surface area contributed by atoms with E-state index in [0.29, 0.717) is 5.69 Å². The fraction of sp³-hybridized carbons (Fsp3) is 0.571. The predicted molar refractivity (Wildman–Crippen MR) is 89.2 cm³/mol. The lowest BCUT2D eigenvalue weighted by Gasteiger charge is -2.20. The summed E-state index contributed by atoms with van der Waals surface area (Å²) in [6, 6.07) is 5.29. The molecule has 1 fully saturated rings. The number of halogens is 1. The van der Waals surface area contributed by atoms with Crippen molar-refractivity contribution < 1.29 is 4.92 Å². The number of nitro benzene ring substituents is 1. The first kappa shape index (κ1) is 15.5. The maximum atomic E-state index is 11.0. The second-order valence-electron chi connectivity index (χ2n) is 5.10. The van der Waals surface area contributed by atoms with E-state index in [9.17, 15) is 10.1 Å². The van der Waals surface area contributed by atoms with Crippen LogP contribution in [-0.2, 0) is 0 Å². The van der Waals surface area contributed by atoms with Gasteiger partial charge in [-0.3, -0.25) is 10.1 Å². The molecule has 2 rings (SSSR count). The molecule has 0 amide bonds. The van der Waals surface area contributed by atoms with Crippen LogP contribution in [0.1, 0.15) is 25.7 Å². The van der Waals surface area contributed by atoms with Gasteiger partial charge in [0.1, 0.15) is 5.69 Å². The van der Waals surface area contributed by atoms with E-state index < -0.39 is 0 Å². The van der Waals surface area contributed by atoms with E-state index >= 15 is 0 Å². The standard InChI is InChI=1S/C14H20IN3O2/c15-12-5-6-13(14(11-12)18(19)20)16-7-10-17-8-3-1-2-4-9-17/h5-6,11,16H,1-4,7-10H2. The van der Waals surface area contributed by atoms with Crippen LogP contribution in [0.25, 0.3) is 0 Å². The van der Waals surface area contributed by atoms with Crippen molar-refractivity contribution in [3.8, 4) is 0 Å². The number of nitrogens with one attached hydrogen (secondary N) is 1. The molecule has 1 aromatic rings. The summed E-state index contributed by atoms with van der Waals surface area (Å²) < 4.78 is 0.882. The number of hydrogen-bond acceptors (Lipinski definition) is 4. The molecule has 0 radical (unpaired) electrons. The summed E-state index contributed by atoms with van der Waals surface area (Å²) in [5.41, 5.74) is 0.776.